The lowest BCUT2D eigenvalue weighted by atomic mass is 9.85. The first-order chi connectivity index (χ1) is 20.7. The van der Waals surface area contributed by atoms with Gasteiger partial charge in [-0.2, -0.15) is 0 Å². The molecule has 246 valence electrons. The summed E-state index contributed by atoms with van der Waals surface area (Å²) in [7, 11) is 0. The molecule has 1 aliphatic carbocycles. The molecule has 1 aliphatic heterocycles. The van der Waals surface area contributed by atoms with E-state index < -0.39 is 78.0 Å². The molecule has 0 spiro atoms. The molecule has 3 unspecified atom stereocenters. The molecule has 6 N–H and O–H groups in total. The van der Waals surface area contributed by atoms with Crippen LogP contribution in [0.3, 0.4) is 0 Å². The zero-order valence-electron chi connectivity index (χ0n) is 25.1. The second-order valence-corrected chi connectivity index (χ2v) is 12.1. The van der Waals surface area contributed by atoms with Gasteiger partial charge >= 0.3 is 11.9 Å². The van der Waals surface area contributed by atoms with Crippen molar-refractivity contribution in [3.63, 3.8) is 0 Å². The van der Waals surface area contributed by atoms with Gasteiger partial charge < -0.3 is 40.1 Å². The number of alkyl halides is 1. The molecule has 0 bridgehead atoms. The summed E-state index contributed by atoms with van der Waals surface area (Å²) < 4.78 is 10.8. The number of carboxylic acids is 1. The van der Waals surface area contributed by atoms with Crippen LogP contribution in [0.15, 0.2) is 71.4 Å². The van der Waals surface area contributed by atoms with Crippen molar-refractivity contribution in [2.45, 2.75) is 101 Å². The van der Waals surface area contributed by atoms with Gasteiger partial charge in [0.1, 0.15) is 12.2 Å². The van der Waals surface area contributed by atoms with E-state index in [1.54, 1.807) is 49.5 Å². The van der Waals surface area contributed by atoms with Gasteiger partial charge in [0.05, 0.1) is 35.7 Å². The van der Waals surface area contributed by atoms with Crippen LogP contribution in [0, 0.1) is 11.8 Å². The van der Waals surface area contributed by atoms with Crippen LogP contribution < -0.4 is 0 Å². The molecule has 0 aromatic rings. The van der Waals surface area contributed by atoms with Gasteiger partial charge in [0.15, 0.2) is 5.79 Å². The Balaban J connectivity index is 1.90. The maximum absolute atomic E-state index is 12.1. The molecule has 0 amide bonds. The quantitative estimate of drug-likeness (QED) is 0.0563. The second-order valence-electron chi connectivity index (χ2n) is 11.2. The normalized spacial score (nSPS) is 32.9. The van der Waals surface area contributed by atoms with Crippen molar-refractivity contribution in [2.75, 3.05) is 0 Å². The number of hydrogen-bond acceptors (Lipinski definition) is 9. The maximum atomic E-state index is 12.1. The lowest BCUT2D eigenvalue weighted by Gasteiger charge is -2.45. The number of carbonyl (C=O) groups excluding carboxylic acids is 1. The predicted molar refractivity (Wildman–Crippen MR) is 167 cm³/mol. The van der Waals surface area contributed by atoms with E-state index >= 15 is 0 Å². The van der Waals surface area contributed by atoms with Crippen LogP contribution in [0.2, 0.25) is 0 Å². The number of aliphatic hydroxyl groups is 5. The van der Waals surface area contributed by atoms with Crippen molar-refractivity contribution in [1.82, 2.24) is 0 Å². The van der Waals surface area contributed by atoms with E-state index in [0.717, 1.165) is 5.57 Å². The summed E-state index contributed by atoms with van der Waals surface area (Å²) in [6.45, 7) is 5.29. The van der Waals surface area contributed by atoms with Crippen LogP contribution in [0.5, 0.6) is 0 Å². The molecule has 12 heteroatoms. The van der Waals surface area contributed by atoms with Gasteiger partial charge in [0.2, 0.25) is 0 Å². The van der Waals surface area contributed by atoms with Crippen molar-refractivity contribution in [3.8, 4) is 0 Å². The van der Waals surface area contributed by atoms with Crippen molar-refractivity contribution < 1.29 is 49.7 Å². The molecule has 1 heterocycles. The molecular weight excluding hydrogens is 615 g/mol. The van der Waals surface area contributed by atoms with E-state index in [4.69, 9.17) is 37.8 Å². The second kappa shape index (κ2) is 18.0. The van der Waals surface area contributed by atoms with Crippen molar-refractivity contribution in [1.29, 1.82) is 0 Å². The van der Waals surface area contributed by atoms with Crippen LogP contribution in [0.1, 0.15) is 52.9 Å². The predicted octanol–water partition coefficient (Wildman–Crippen LogP) is 3.65. The number of aliphatic carboxylic acids is 1. The fraction of sp³-hybridized carbons (Fsp3) is 0.562. The molecule has 2 aliphatic rings. The number of hydrogen-bond donors (Lipinski definition) is 6. The number of carboxylic acid groups (broad SMARTS) is 1. The fourth-order valence-electron chi connectivity index (χ4n) is 4.85. The van der Waals surface area contributed by atoms with Crippen molar-refractivity contribution in [3.05, 3.63) is 71.4 Å². The topological polar surface area (TPSA) is 174 Å². The van der Waals surface area contributed by atoms with Gasteiger partial charge in [-0.05, 0) is 32.3 Å². The highest BCUT2D eigenvalue weighted by atomic mass is 35.5. The Kier molecular flexibility index (Phi) is 15.5. The molecule has 10 nitrogen and oxygen atoms in total. The minimum atomic E-state index is -2.24. The highest BCUT2D eigenvalue weighted by Gasteiger charge is 2.51. The monoisotopic (exact) mass is 658 g/mol. The number of halogens is 2. The average molecular weight is 660 g/mol. The van der Waals surface area contributed by atoms with Crippen LogP contribution >= 0.6 is 23.2 Å². The first-order valence-electron chi connectivity index (χ1n) is 14.6. The van der Waals surface area contributed by atoms with E-state index in [1.165, 1.54) is 18.2 Å². The maximum Gasteiger partial charge on any atom is 0.331 e. The van der Waals surface area contributed by atoms with Crippen molar-refractivity contribution in [2.24, 2.45) is 11.8 Å². The number of esters is 1. The molecular formula is C32H44Cl2O10. The van der Waals surface area contributed by atoms with E-state index in [0.29, 0.717) is 12.8 Å². The number of carbonyl (C=O) groups is 2. The third-order valence-corrected chi connectivity index (χ3v) is 8.63. The SMILES string of the molecule is CC/C=C/[C@H]1O[C@@](O)(C(O)C(O)C(C)/C(Cl)=C/C=C/C=C(C)/C=C/C=C/C(=O)O[C@@H]2C[C@@H](C(=O)O)CC[C@@H]2O)C[C@@H](O)[C@@H]1Cl. The Labute approximate surface area is 268 Å². The van der Waals surface area contributed by atoms with Gasteiger partial charge in [0.25, 0.3) is 0 Å². The summed E-state index contributed by atoms with van der Waals surface area (Å²) >= 11 is 12.6. The summed E-state index contributed by atoms with van der Waals surface area (Å²) in [6.07, 6.45) is 9.83. The van der Waals surface area contributed by atoms with E-state index in [-0.39, 0.29) is 17.9 Å². The summed E-state index contributed by atoms with van der Waals surface area (Å²) in [5.74, 6) is -5.33. The lowest BCUT2D eigenvalue weighted by Crippen LogP contribution is -2.61. The van der Waals surface area contributed by atoms with Gasteiger partial charge in [-0.25, -0.2) is 4.79 Å². The number of rotatable bonds is 13. The first-order valence-corrected chi connectivity index (χ1v) is 15.4. The Morgan fingerprint density at radius 1 is 1.07 bits per heavy atom. The molecule has 0 radical (unpaired) electrons. The molecule has 2 fully saturated rings. The molecule has 1 saturated carbocycles. The Morgan fingerprint density at radius 3 is 2.39 bits per heavy atom. The largest absolute Gasteiger partial charge is 0.481 e. The molecule has 10 atom stereocenters. The molecule has 1 saturated heterocycles. The highest BCUT2D eigenvalue weighted by Crippen LogP contribution is 2.36. The fourth-order valence-corrected chi connectivity index (χ4v) is 5.27. The zero-order valence-corrected chi connectivity index (χ0v) is 26.6. The van der Waals surface area contributed by atoms with Gasteiger partial charge in [-0.3, -0.25) is 4.79 Å². The molecule has 2 rings (SSSR count). The van der Waals surface area contributed by atoms with Gasteiger partial charge in [-0.15, -0.1) is 11.6 Å². The smallest absolute Gasteiger partial charge is 0.331 e. The minimum absolute atomic E-state index is 0.0734. The first kappa shape index (κ1) is 37.9. The summed E-state index contributed by atoms with van der Waals surface area (Å²) in [6, 6.07) is 0. The van der Waals surface area contributed by atoms with Crippen LogP contribution in [-0.2, 0) is 19.1 Å². The third-order valence-electron chi connectivity index (χ3n) is 7.62. The summed E-state index contributed by atoms with van der Waals surface area (Å²) in [4.78, 5) is 23.2. The highest BCUT2D eigenvalue weighted by molar-refractivity contribution is 6.30. The zero-order chi connectivity index (χ0) is 33.0. The number of ether oxygens (including phenoxy) is 2. The van der Waals surface area contributed by atoms with E-state index in [1.807, 2.05) is 13.8 Å². The van der Waals surface area contributed by atoms with Gasteiger partial charge in [-0.1, -0.05) is 79.6 Å². The number of allylic oxidation sites excluding steroid dienone is 9. The summed E-state index contributed by atoms with van der Waals surface area (Å²) in [5, 5.41) is 61.4. The van der Waals surface area contributed by atoms with Crippen LogP contribution in [0.4, 0.5) is 0 Å². The Bertz CT molecular complexity index is 1150. The minimum Gasteiger partial charge on any atom is -0.481 e. The molecule has 0 aromatic heterocycles. The van der Waals surface area contributed by atoms with Crippen molar-refractivity contribution >= 4 is 35.1 Å². The number of aliphatic hydroxyl groups excluding tert-OH is 4. The standard InChI is InChI=1S/C32H44Cl2O10/c1-4-5-13-25-28(34)24(36)18-32(42,44-25)30(39)29(38)20(3)22(33)12-8-6-10-19(2)11-7-9-14-27(37)43-26-17-21(31(40)41)15-16-23(26)35/h5-14,20-21,23-26,28-30,35-36,38-39,42H,4,15-18H2,1-3H3,(H,40,41)/b8-6+,11-7+,13-5+,14-9+,19-10+,22-12-/t20?,21-,23-,24+,25+,26+,28-,29?,30?,32+/m0/s1. The van der Waals surface area contributed by atoms with Crippen LogP contribution in [-0.4, -0.2) is 90.4 Å². The van der Waals surface area contributed by atoms with Crippen LogP contribution in [0.25, 0.3) is 0 Å². The van der Waals surface area contributed by atoms with E-state index in [2.05, 4.69) is 0 Å². The summed E-state index contributed by atoms with van der Waals surface area (Å²) in [5.41, 5.74) is 0.818. The van der Waals surface area contributed by atoms with E-state index in [9.17, 15) is 35.1 Å². The Morgan fingerprint density at radius 2 is 1.73 bits per heavy atom. The molecule has 0 aromatic carbocycles. The third kappa shape index (κ3) is 11.3. The average Bonchev–Trinajstić information content (AvgIpc) is 2.98. The lowest BCUT2D eigenvalue weighted by molar-refractivity contribution is -0.316. The van der Waals surface area contributed by atoms with Gasteiger partial charge in [0, 0.05) is 29.9 Å². The molecule has 44 heavy (non-hydrogen) atoms. The Hall–Kier alpha value is -2.28.